The summed E-state index contributed by atoms with van der Waals surface area (Å²) in [4.78, 5) is 41.9. The van der Waals surface area contributed by atoms with Gasteiger partial charge in [-0.1, -0.05) is 49.9 Å². The number of nitrogens with one attached hydrogen (secondary N) is 1. The molecule has 0 radical (unpaired) electrons. The number of hydrogen-bond acceptors (Lipinski definition) is 5. The number of aromatic nitrogens is 5. The Kier molecular flexibility index (Phi) is 5.83. The molecule has 4 heterocycles. The summed E-state index contributed by atoms with van der Waals surface area (Å²) in [5, 5.41) is 3.01. The number of amides is 1. The number of rotatable bonds is 6. The van der Waals surface area contributed by atoms with E-state index in [-0.39, 0.29) is 34.4 Å². The van der Waals surface area contributed by atoms with Crippen LogP contribution in [0, 0.1) is 11.8 Å². The summed E-state index contributed by atoms with van der Waals surface area (Å²) in [6, 6.07) is 11.2. The Morgan fingerprint density at radius 3 is 2.56 bits per heavy atom. The molecule has 1 aliphatic heterocycles. The zero-order valence-corrected chi connectivity index (χ0v) is 19.9. The van der Waals surface area contributed by atoms with Crippen LogP contribution in [0.1, 0.15) is 41.6 Å². The Balaban J connectivity index is 1.49. The molecular weight excluding hydrogens is 459 g/mol. The monoisotopic (exact) mass is 486 g/mol. The number of aromatic amines is 1. The molecule has 0 unspecified atom stereocenters. The van der Waals surface area contributed by atoms with Gasteiger partial charge in [0.1, 0.15) is 11.3 Å². The maximum atomic E-state index is 13.6. The smallest absolute Gasteiger partial charge is 0.273 e. The van der Waals surface area contributed by atoms with Crippen LogP contribution in [-0.2, 0) is 6.42 Å². The molecule has 9 heteroatoms. The van der Waals surface area contributed by atoms with Crippen LogP contribution >= 0.6 is 0 Å². The van der Waals surface area contributed by atoms with Crippen LogP contribution in [0.4, 0.5) is 4.39 Å². The van der Waals surface area contributed by atoms with Gasteiger partial charge in [0.2, 0.25) is 0 Å². The molecule has 2 fully saturated rings. The second kappa shape index (κ2) is 9.29. The lowest BCUT2D eigenvalue weighted by Gasteiger charge is -2.37. The molecule has 184 valence electrons. The highest BCUT2D eigenvalue weighted by molar-refractivity contribution is 6.05. The molecule has 1 saturated carbocycles. The van der Waals surface area contributed by atoms with Gasteiger partial charge >= 0.3 is 0 Å². The number of hydrogen-bond donors (Lipinski definition) is 1. The SMILES string of the molecule is O=C(c1c(-c2ncccn2)[nH]n2c(=O)cc(-c3ccccc3CC3CCCC3)nc12)N1CC(CF)C1. The number of benzene rings is 1. The maximum absolute atomic E-state index is 13.6. The van der Waals surface area contributed by atoms with Gasteiger partial charge in [-0.15, -0.1) is 0 Å². The summed E-state index contributed by atoms with van der Waals surface area (Å²) < 4.78 is 14.3. The Morgan fingerprint density at radius 2 is 1.81 bits per heavy atom. The fraction of sp³-hybridized carbons (Fsp3) is 0.370. The molecule has 36 heavy (non-hydrogen) atoms. The minimum absolute atomic E-state index is 0.163. The predicted molar refractivity (Wildman–Crippen MR) is 133 cm³/mol. The van der Waals surface area contributed by atoms with E-state index in [1.54, 1.807) is 23.4 Å². The summed E-state index contributed by atoms with van der Waals surface area (Å²) in [7, 11) is 0. The van der Waals surface area contributed by atoms with Crippen LogP contribution in [0.5, 0.6) is 0 Å². The molecule has 1 N–H and O–H groups in total. The molecule has 1 saturated heterocycles. The predicted octanol–water partition coefficient (Wildman–Crippen LogP) is 3.92. The van der Waals surface area contributed by atoms with E-state index in [1.165, 1.54) is 36.3 Å². The Bertz CT molecular complexity index is 1470. The van der Waals surface area contributed by atoms with Crippen molar-refractivity contribution >= 4 is 11.6 Å². The summed E-state index contributed by atoms with van der Waals surface area (Å²) in [5.74, 6) is 0.446. The van der Waals surface area contributed by atoms with Crippen LogP contribution in [0.3, 0.4) is 0 Å². The molecule has 1 aliphatic carbocycles. The molecule has 0 bridgehead atoms. The Labute approximate surface area is 207 Å². The molecule has 0 spiro atoms. The fourth-order valence-corrected chi connectivity index (χ4v) is 5.43. The molecule has 8 nitrogen and oxygen atoms in total. The van der Waals surface area contributed by atoms with E-state index in [0.29, 0.717) is 30.4 Å². The van der Waals surface area contributed by atoms with Crippen molar-refractivity contribution in [2.75, 3.05) is 19.8 Å². The normalized spacial score (nSPS) is 16.5. The van der Waals surface area contributed by atoms with Crippen molar-refractivity contribution in [3.05, 3.63) is 70.3 Å². The van der Waals surface area contributed by atoms with Crippen molar-refractivity contribution < 1.29 is 9.18 Å². The molecule has 1 aromatic carbocycles. The second-order valence-corrected chi connectivity index (χ2v) is 9.82. The van der Waals surface area contributed by atoms with Gasteiger partial charge in [0.05, 0.1) is 12.4 Å². The summed E-state index contributed by atoms with van der Waals surface area (Å²) >= 11 is 0. The number of fused-ring (bicyclic) bond motifs is 1. The van der Waals surface area contributed by atoms with Gasteiger partial charge < -0.3 is 4.90 Å². The summed E-state index contributed by atoms with van der Waals surface area (Å²) in [6.45, 7) is 0.192. The molecule has 3 aromatic heterocycles. The molecule has 2 aliphatic rings. The first kappa shape index (κ1) is 22.6. The van der Waals surface area contributed by atoms with E-state index >= 15 is 0 Å². The van der Waals surface area contributed by atoms with Crippen LogP contribution in [0.15, 0.2) is 53.6 Å². The highest BCUT2D eigenvalue weighted by Gasteiger charge is 2.35. The zero-order valence-electron chi connectivity index (χ0n) is 19.9. The molecule has 1 amide bonds. The fourth-order valence-electron chi connectivity index (χ4n) is 5.43. The first-order chi connectivity index (χ1) is 17.6. The van der Waals surface area contributed by atoms with Crippen molar-refractivity contribution in [3.63, 3.8) is 0 Å². The van der Waals surface area contributed by atoms with Gasteiger partial charge in [0, 0.05) is 43.0 Å². The molecule has 4 aromatic rings. The first-order valence-corrected chi connectivity index (χ1v) is 12.5. The number of H-pyrrole nitrogens is 1. The van der Waals surface area contributed by atoms with Gasteiger partial charge in [0.25, 0.3) is 11.5 Å². The van der Waals surface area contributed by atoms with E-state index in [1.807, 2.05) is 18.2 Å². The minimum atomic E-state index is -0.466. The van der Waals surface area contributed by atoms with Crippen LogP contribution in [0.2, 0.25) is 0 Å². The van der Waals surface area contributed by atoms with Gasteiger partial charge in [-0.2, -0.15) is 0 Å². The van der Waals surface area contributed by atoms with E-state index in [9.17, 15) is 14.0 Å². The van der Waals surface area contributed by atoms with Gasteiger partial charge in [-0.05, 0) is 24.0 Å². The largest absolute Gasteiger partial charge is 0.338 e. The van der Waals surface area contributed by atoms with Crippen molar-refractivity contribution in [1.82, 2.24) is 29.5 Å². The molecular formula is C27H27FN6O2. The van der Waals surface area contributed by atoms with Crippen LogP contribution < -0.4 is 5.56 Å². The third kappa shape index (κ3) is 3.98. The van der Waals surface area contributed by atoms with E-state index < -0.39 is 6.67 Å². The van der Waals surface area contributed by atoms with E-state index in [2.05, 4.69) is 21.1 Å². The number of likely N-dealkylation sites (tertiary alicyclic amines) is 1. The van der Waals surface area contributed by atoms with Crippen LogP contribution in [0.25, 0.3) is 28.4 Å². The average molecular weight is 487 g/mol. The lowest BCUT2D eigenvalue weighted by Crippen LogP contribution is -2.50. The van der Waals surface area contributed by atoms with Gasteiger partial charge in [-0.3, -0.25) is 19.1 Å². The number of halogens is 1. The highest BCUT2D eigenvalue weighted by Crippen LogP contribution is 2.32. The lowest BCUT2D eigenvalue weighted by molar-refractivity contribution is 0.0455. The zero-order chi connectivity index (χ0) is 24.6. The molecule has 0 atom stereocenters. The van der Waals surface area contributed by atoms with Gasteiger partial charge in [0.15, 0.2) is 11.5 Å². The number of carbonyl (C=O) groups is 1. The minimum Gasteiger partial charge on any atom is -0.338 e. The standard InChI is InChI=1S/C27H27FN6O2/c28-14-18-15-33(16-18)27(36)23-24(25-29-10-5-11-30-25)32-34-22(35)13-21(31-26(23)34)20-9-4-3-8-19(20)12-17-6-1-2-7-17/h3-5,8-11,13,17-18,32H,1-2,6-7,12,14-16H2. The molecule has 6 rings (SSSR count). The topological polar surface area (TPSA) is 96.2 Å². The maximum Gasteiger partial charge on any atom is 0.273 e. The number of nitrogens with zero attached hydrogens (tertiary/aromatic N) is 5. The lowest BCUT2D eigenvalue weighted by atomic mass is 9.93. The average Bonchev–Trinajstić information content (AvgIpc) is 3.52. The Morgan fingerprint density at radius 1 is 1.06 bits per heavy atom. The van der Waals surface area contributed by atoms with Crippen molar-refractivity contribution in [1.29, 1.82) is 0 Å². The third-order valence-corrected chi connectivity index (χ3v) is 7.36. The first-order valence-electron chi connectivity index (χ1n) is 12.5. The highest BCUT2D eigenvalue weighted by atomic mass is 19.1. The summed E-state index contributed by atoms with van der Waals surface area (Å²) in [6.07, 6.45) is 9.05. The van der Waals surface area contributed by atoms with Crippen molar-refractivity contribution in [2.24, 2.45) is 11.8 Å². The van der Waals surface area contributed by atoms with E-state index in [0.717, 1.165) is 17.5 Å². The van der Waals surface area contributed by atoms with Crippen molar-refractivity contribution in [2.45, 2.75) is 32.1 Å². The number of carbonyl (C=O) groups excluding carboxylic acids is 1. The van der Waals surface area contributed by atoms with Crippen molar-refractivity contribution in [3.8, 4) is 22.8 Å². The third-order valence-electron chi connectivity index (χ3n) is 7.36. The second-order valence-electron chi connectivity index (χ2n) is 9.82. The van der Waals surface area contributed by atoms with E-state index in [4.69, 9.17) is 4.98 Å². The quantitative estimate of drug-likeness (QED) is 0.446. The van der Waals surface area contributed by atoms with Gasteiger partial charge in [-0.25, -0.2) is 19.5 Å². The summed E-state index contributed by atoms with van der Waals surface area (Å²) in [5.41, 5.74) is 3.05. The Hall–Kier alpha value is -3.88. The number of alkyl halides is 1. The van der Waals surface area contributed by atoms with Crippen LogP contribution in [-0.4, -0.2) is 55.1 Å².